The van der Waals surface area contributed by atoms with Gasteiger partial charge in [0, 0.05) is 19.4 Å². The first-order valence-electron chi connectivity index (χ1n) is 5.65. The first-order valence-corrected chi connectivity index (χ1v) is 6.05. The van der Waals surface area contributed by atoms with Crippen LogP contribution in [0.15, 0.2) is 0 Å². The third-order valence-electron chi connectivity index (χ3n) is 2.86. The molecule has 0 radical (unpaired) electrons. The molecule has 0 aromatic carbocycles. The molecule has 0 aliphatic carbocycles. The predicted octanol–water partition coefficient (Wildman–Crippen LogP) is 1.34. The normalized spacial score (nSPS) is 20.8. The summed E-state index contributed by atoms with van der Waals surface area (Å²) in [5, 5.41) is 9.94. The summed E-state index contributed by atoms with van der Waals surface area (Å²) in [6, 6.07) is 0.255. The van der Waals surface area contributed by atoms with Crippen LogP contribution >= 0.6 is 12.2 Å². The van der Waals surface area contributed by atoms with Crippen molar-refractivity contribution in [2.45, 2.75) is 38.6 Å². The molecule has 0 bridgehead atoms. The summed E-state index contributed by atoms with van der Waals surface area (Å²) in [6.07, 6.45) is 3.37. The van der Waals surface area contributed by atoms with E-state index in [0.29, 0.717) is 17.7 Å². The maximum absolute atomic E-state index is 11.1. The van der Waals surface area contributed by atoms with Crippen molar-refractivity contribution in [1.29, 1.82) is 0 Å². The molecule has 1 aromatic heterocycles. The number of carbonyl (C=O) groups excluding carboxylic acids is 1. The smallest absolute Gasteiger partial charge is 0.220 e. The first-order chi connectivity index (χ1) is 7.72. The monoisotopic (exact) mass is 240 g/mol. The van der Waals surface area contributed by atoms with E-state index in [1.165, 1.54) is 0 Å². The fourth-order valence-corrected chi connectivity index (χ4v) is 2.35. The molecule has 88 valence electrons. The molecule has 0 saturated carbocycles. The van der Waals surface area contributed by atoms with Gasteiger partial charge in [0.2, 0.25) is 5.91 Å². The van der Waals surface area contributed by atoms with Crippen LogP contribution in [0.1, 0.15) is 38.1 Å². The van der Waals surface area contributed by atoms with Gasteiger partial charge in [0.15, 0.2) is 4.77 Å². The van der Waals surface area contributed by atoms with Crippen molar-refractivity contribution >= 4 is 18.1 Å². The molecule has 2 heterocycles. The highest BCUT2D eigenvalue weighted by Crippen LogP contribution is 2.19. The third kappa shape index (κ3) is 2.16. The molecule has 6 heteroatoms. The van der Waals surface area contributed by atoms with Crippen molar-refractivity contribution in [2.24, 2.45) is 0 Å². The fraction of sp³-hybridized carbons (Fsp3) is 0.700. The lowest BCUT2D eigenvalue weighted by atomic mass is 10.1. The summed E-state index contributed by atoms with van der Waals surface area (Å²) in [5.41, 5.74) is 0. The number of rotatable bonds is 3. The maximum atomic E-state index is 11.1. The minimum atomic E-state index is 0.128. The number of aromatic nitrogens is 3. The Hall–Kier alpha value is -1.17. The number of H-pyrrole nitrogens is 1. The van der Waals surface area contributed by atoms with Crippen molar-refractivity contribution < 1.29 is 4.79 Å². The quantitative estimate of drug-likeness (QED) is 0.784. The Balaban J connectivity index is 2.21. The molecule has 16 heavy (non-hydrogen) atoms. The molecule has 2 N–H and O–H groups in total. The van der Waals surface area contributed by atoms with Crippen molar-refractivity contribution in [3.05, 3.63) is 10.6 Å². The minimum absolute atomic E-state index is 0.128. The van der Waals surface area contributed by atoms with Crippen LogP contribution in [0.5, 0.6) is 0 Å². The van der Waals surface area contributed by atoms with Gasteiger partial charge in [0.05, 0.1) is 6.04 Å². The molecule has 1 aliphatic heterocycles. The van der Waals surface area contributed by atoms with Crippen LogP contribution in [0.2, 0.25) is 0 Å². The van der Waals surface area contributed by atoms with Crippen molar-refractivity contribution in [2.75, 3.05) is 6.54 Å². The number of aromatic amines is 1. The lowest BCUT2D eigenvalue weighted by molar-refractivity contribution is -0.122. The number of amides is 1. The molecule has 1 saturated heterocycles. The minimum Gasteiger partial charge on any atom is -0.354 e. The molecule has 1 atom stereocenters. The predicted molar refractivity (Wildman–Crippen MR) is 62.7 cm³/mol. The van der Waals surface area contributed by atoms with Gasteiger partial charge < -0.3 is 5.32 Å². The van der Waals surface area contributed by atoms with E-state index in [1.54, 1.807) is 0 Å². The number of hydrogen-bond donors (Lipinski definition) is 2. The summed E-state index contributed by atoms with van der Waals surface area (Å²) in [6.45, 7) is 2.77. The second kappa shape index (κ2) is 4.78. The van der Waals surface area contributed by atoms with E-state index in [9.17, 15) is 4.79 Å². The lowest BCUT2D eigenvalue weighted by Crippen LogP contribution is -2.36. The standard InChI is InChI=1S/C10H16N4OS/c1-2-3-8-12-13-10(16)14(8)7-4-5-9(15)11-6-7/h7H,2-6H2,1H3,(H,11,15)(H,13,16). The van der Waals surface area contributed by atoms with Gasteiger partial charge in [-0.2, -0.15) is 5.10 Å². The molecule has 1 unspecified atom stereocenters. The Labute approximate surface area is 99.2 Å². The lowest BCUT2D eigenvalue weighted by Gasteiger charge is -2.24. The largest absolute Gasteiger partial charge is 0.354 e. The number of aryl methyl sites for hydroxylation is 1. The van der Waals surface area contributed by atoms with E-state index in [0.717, 1.165) is 25.1 Å². The van der Waals surface area contributed by atoms with Crippen LogP contribution in [-0.4, -0.2) is 27.2 Å². The SMILES string of the molecule is CCCc1n[nH]c(=S)n1C1CCC(=O)NC1. The summed E-state index contributed by atoms with van der Waals surface area (Å²) < 4.78 is 2.71. The van der Waals surface area contributed by atoms with Crippen LogP contribution in [0.4, 0.5) is 0 Å². The molecule has 0 spiro atoms. The summed E-state index contributed by atoms with van der Waals surface area (Å²) in [5.74, 6) is 1.12. The molecule has 1 amide bonds. The molecule has 1 aromatic rings. The highest BCUT2D eigenvalue weighted by molar-refractivity contribution is 7.71. The fourth-order valence-electron chi connectivity index (χ4n) is 2.05. The van der Waals surface area contributed by atoms with Gasteiger partial charge in [-0.3, -0.25) is 14.5 Å². The molecule has 1 aliphatic rings. The zero-order chi connectivity index (χ0) is 11.5. The highest BCUT2D eigenvalue weighted by Gasteiger charge is 2.22. The van der Waals surface area contributed by atoms with Crippen LogP contribution < -0.4 is 5.32 Å². The van der Waals surface area contributed by atoms with E-state index in [1.807, 2.05) is 0 Å². The van der Waals surface area contributed by atoms with E-state index in [4.69, 9.17) is 12.2 Å². The topological polar surface area (TPSA) is 62.7 Å². The summed E-state index contributed by atoms with van der Waals surface area (Å²) in [7, 11) is 0. The van der Waals surface area contributed by atoms with Gasteiger partial charge in [0.1, 0.15) is 5.82 Å². The van der Waals surface area contributed by atoms with Crippen LogP contribution in [0.3, 0.4) is 0 Å². The second-order valence-electron chi connectivity index (χ2n) is 4.06. The highest BCUT2D eigenvalue weighted by atomic mass is 32.1. The Kier molecular flexibility index (Phi) is 3.38. The number of nitrogens with one attached hydrogen (secondary N) is 2. The Morgan fingerprint density at radius 1 is 1.62 bits per heavy atom. The average Bonchev–Trinajstić information content (AvgIpc) is 2.62. The zero-order valence-corrected chi connectivity index (χ0v) is 10.1. The molecule has 5 nitrogen and oxygen atoms in total. The second-order valence-corrected chi connectivity index (χ2v) is 4.45. The van der Waals surface area contributed by atoms with E-state index in [2.05, 4.69) is 27.0 Å². The summed E-state index contributed by atoms with van der Waals surface area (Å²) >= 11 is 5.23. The molecular formula is C10H16N4OS. The van der Waals surface area contributed by atoms with Gasteiger partial charge in [-0.05, 0) is 25.1 Å². The van der Waals surface area contributed by atoms with Gasteiger partial charge in [-0.15, -0.1) is 0 Å². The zero-order valence-electron chi connectivity index (χ0n) is 9.32. The number of hydrogen-bond acceptors (Lipinski definition) is 3. The number of nitrogens with zero attached hydrogens (tertiary/aromatic N) is 2. The number of piperidine rings is 1. The average molecular weight is 240 g/mol. The van der Waals surface area contributed by atoms with Crippen LogP contribution in [0.25, 0.3) is 0 Å². The maximum Gasteiger partial charge on any atom is 0.220 e. The third-order valence-corrected chi connectivity index (χ3v) is 3.14. The van der Waals surface area contributed by atoms with Crippen LogP contribution in [0, 0.1) is 4.77 Å². The molecular weight excluding hydrogens is 224 g/mol. The Morgan fingerprint density at radius 3 is 3.06 bits per heavy atom. The summed E-state index contributed by atoms with van der Waals surface area (Å²) in [4.78, 5) is 11.1. The van der Waals surface area contributed by atoms with E-state index in [-0.39, 0.29) is 11.9 Å². The van der Waals surface area contributed by atoms with Gasteiger partial charge in [-0.25, -0.2) is 0 Å². The first kappa shape index (κ1) is 11.3. The van der Waals surface area contributed by atoms with Crippen molar-refractivity contribution in [1.82, 2.24) is 20.1 Å². The Morgan fingerprint density at radius 2 is 2.44 bits per heavy atom. The van der Waals surface area contributed by atoms with E-state index < -0.39 is 0 Å². The van der Waals surface area contributed by atoms with Gasteiger partial charge in [0.25, 0.3) is 0 Å². The van der Waals surface area contributed by atoms with E-state index >= 15 is 0 Å². The molecule has 1 fully saturated rings. The van der Waals surface area contributed by atoms with Crippen molar-refractivity contribution in [3.63, 3.8) is 0 Å². The van der Waals surface area contributed by atoms with Crippen LogP contribution in [-0.2, 0) is 11.2 Å². The Bertz CT molecular complexity index is 426. The van der Waals surface area contributed by atoms with Gasteiger partial charge in [-0.1, -0.05) is 6.92 Å². The van der Waals surface area contributed by atoms with Gasteiger partial charge >= 0.3 is 0 Å². The molecule has 2 rings (SSSR count). The van der Waals surface area contributed by atoms with Crippen molar-refractivity contribution in [3.8, 4) is 0 Å². The number of carbonyl (C=O) groups is 1.